The largest absolute Gasteiger partial charge is 0.396 e. The van der Waals surface area contributed by atoms with E-state index in [1.54, 1.807) is 0 Å². The summed E-state index contributed by atoms with van der Waals surface area (Å²) in [5.41, 5.74) is 1.09. The van der Waals surface area contributed by atoms with Gasteiger partial charge >= 0.3 is 0 Å². The molecule has 0 aliphatic heterocycles. The second kappa shape index (κ2) is 4.85. The van der Waals surface area contributed by atoms with Crippen LogP contribution in [0.2, 0.25) is 0 Å². The van der Waals surface area contributed by atoms with E-state index in [9.17, 15) is 0 Å². The van der Waals surface area contributed by atoms with Crippen LogP contribution in [0.25, 0.3) is 0 Å². The van der Waals surface area contributed by atoms with Gasteiger partial charge in [-0.25, -0.2) is 4.57 Å². The summed E-state index contributed by atoms with van der Waals surface area (Å²) in [5.74, 6) is 0. The zero-order valence-corrected chi connectivity index (χ0v) is 6.98. The Bertz CT molecular complexity index is 216. The molecule has 1 aromatic heterocycles. The summed E-state index contributed by atoms with van der Waals surface area (Å²) in [5, 5.41) is 17.4. The Labute approximate surface area is 71.9 Å². The Morgan fingerprint density at radius 3 is 2.75 bits per heavy atom. The number of aliphatic hydroxyl groups is 2. The average molecular weight is 168 g/mol. The van der Waals surface area contributed by atoms with Crippen LogP contribution in [-0.4, -0.2) is 23.4 Å². The first-order chi connectivity index (χ1) is 5.86. The quantitative estimate of drug-likeness (QED) is 0.595. The Morgan fingerprint density at radius 2 is 2.08 bits per heavy atom. The van der Waals surface area contributed by atoms with E-state index in [-0.39, 0.29) is 13.2 Å². The lowest BCUT2D eigenvalue weighted by molar-refractivity contribution is -0.698. The van der Waals surface area contributed by atoms with Crippen molar-refractivity contribution in [3.8, 4) is 0 Å². The number of nitrogens with zero attached hydrogens (tertiary/aromatic N) is 1. The molecule has 0 fully saturated rings. The molecule has 0 amide bonds. The molecule has 0 radical (unpaired) electrons. The standard InChI is InChI=1S/C9H14NO2/c11-6-3-9-2-1-4-10(8-9)5-7-12/h1-2,4,8,11-12H,3,5-7H2/q+1. The third-order valence-electron chi connectivity index (χ3n) is 1.68. The molecule has 1 aromatic rings. The molecule has 12 heavy (non-hydrogen) atoms. The van der Waals surface area contributed by atoms with Gasteiger partial charge in [-0.2, -0.15) is 0 Å². The second-order valence-corrected chi connectivity index (χ2v) is 2.65. The number of hydrogen-bond donors (Lipinski definition) is 2. The van der Waals surface area contributed by atoms with Crippen LogP contribution in [0.4, 0.5) is 0 Å². The average Bonchev–Trinajstić information content (AvgIpc) is 2.06. The van der Waals surface area contributed by atoms with E-state index in [0.717, 1.165) is 5.56 Å². The van der Waals surface area contributed by atoms with Crippen LogP contribution in [0.3, 0.4) is 0 Å². The maximum Gasteiger partial charge on any atom is 0.172 e. The molecular formula is C9H14NO2+. The fourth-order valence-corrected chi connectivity index (χ4v) is 1.11. The second-order valence-electron chi connectivity index (χ2n) is 2.65. The molecule has 0 atom stereocenters. The van der Waals surface area contributed by atoms with Gasteiger partial charge in [-0.3, -0.25) is 0 Å². The van der Waals surface area contributed by atoms with Crippen LogP contribution in [0.1, 0.15) is 5.56 Å². The van der Waals surface area contributed by atoms with E-state index < -0.39 is 0 Å². The van der Waals surface area contributed by atoms with Crippen molar-refractivity contribution in [1.82, 2.24) is 0 Å². The summed E-state index contributed by atoms with van der Waals surface area (Å²) in [4.78, 5) is 0. The summed E-state index contributed by atoms with van der Waals surface area (Å²) < 4.78 is 1.91. The van der Waals surface area contributed by atoms with Gasteiger partial charge in [0.05, 0.1) is 0 Å². The minimum absolute atomic E-state index is 0.146. The lowest BCUT2D eigenvalue weighted by atomic mass is 10.2. The van der Waals surface area contributed by atoms with Gasteiger partial charge in [0.15, 0.2) is 18.9 Å². The number of hydrogen-bond acceptors (Lipinski definition) is 2. The highest BCUT2D eigenvalue weighted by molar-refractivity contribution is 5.05. The topological polar surface area (TPSA) is 44.3 Å². The fourth-order valence-electron chi connectivity index (χ4n) is 1.11. The predicted octanol–water partition coefficient (Wildman–Crippen LogP) is -0.499. The van der Waals surface area contributed by atoms with E-state index in [1.807, 2.05) is 29.1 Å². The van der Waals surface area contributed by atoms with Gasteiger partial charge in [-0.15, -0.1) is 0 Å². The summed E-state index contributed by atoms with van der Waals surface area (Å²) in [7, 11) is 0. The third-order valence-corrected chi connectivity index (χ3v) is 1.68. The summed E-state index contributed by atoms with van der Waals surface area (Å²) in [6.45, 7) is 0.926. The first-order valence-corrected chi connectivity index (χ1v) is 4.06. The maximum atomic E-state index is 8.68. The molecule has 0 saturated heterocycles. The van der Waals surface area contributed by atoms with Crippen molar-refractivity contribution in [3.63, 3.8) is 0 Å². The molecule has 0 aromatic carbocycles. The molecule has 1 heterocycles. The van der Waals surface area contributed by atoms with Crippen molar-refractivity contribution in [3.05, 3.63) is 30.1 Å². The molecule has 3 heteroatoms. The molecule has 0 aliphatic rings. The van der Waals surface area contributed by atoms with Crippen LogP contribution in [-0.2, 0) is 13.0 Å². The maximum absolute atomic E-state index is 8.68. The van der Waals surface area contributed by atoms with Crippen molar-refractivity contribution in [2.24, 2.45) is 0 Å². The van der Waals surface area contributed by atoms with E-state index in [4.69, 9.17) is 10.2 Å². The van der Waals surface area contributed by atoms with Crippen molar-refractivity contribution >= 4 is 0 Å². The number of pyridine rings is 1. The van der Waals surface area contributed by atoms with Crippen molar-refractivity contribution in [2.75, 3.05) is 13.2 Å². The molecule has 2 N–H and O–H groups in total. The monoisotopic (exact) mass is 168 g/mol. The summed E-state index contributed by atoms with van der Waals surface area (Å²) >= 11 is 0. The van der Waals surface area contributed by atoms with Crippen molar-refractivity contribution < 1.29 is 14.8 Å². The van der Waals surface area contributed by atoms with E-state index >= 15 is 0 Å². The van der Waals surface area contributed by atoms with Crippen molar-refractivity contribution in [2.45, 2.75) is 13.0 Å². The third kappa shape index (κ3) is 2.60. The first-order valence-electron chi connectivity index (χ1n) is 4.06. The van der Waals surface area contributed by atoms with Gasteiger partial charge in [0.25, 0.3) is 0 Å². The minimum atomic E-state index is 0.146. The Balaban J connectivity index is 2.67. The lowest BCUT2D eigenvalue weighted by Crippen LogP contribution is -2.35. The van der Waals surface area contributed by atoms with Gasteiger partial charge in [-0.1, -0.05) is 0 Å². The Hall–Kier alpha value is -0.930. The van der Waals surface area contributed by atoms with Crippen LogP contribution in [0.15, 0.2) is 24.5 Å². The Morgan fingerprint density at radius 1 is 1.25 bits per heavy atom. The van der Waals surface area contributed by atoms with Gasteiger partial charge < -0.3 is 10.2 Å². The smallest absolute Gasteiger partial charge is 0.172 e. The lowest BCUT2D eigenvalue weighted by Gasteiger charge is -1.96. The minimum Gasteiger partial charge on any atom is -0.396 e. The SMILES string of the molecule is OCCc1ccc[n+](CCO)c1. The summed E-state index contributed by atoms with van der Waals surface area (Å²) in [6, 6.07) is 3.88. The van der Waals surface area contributed by atoms with E-state index in [0.29, 0.717) is 13.0 Å². The molecule has 0 saturated carbocycles. The van der Waals surface area contributed by atoms with Gasteiger partial charge in [0.2, 0.25) is 0 Å². The van der Waals surface area contributed by atoms with Crippen LogP contribution in [0.5, 0.6) is 0 Å². The molecule has 0 unspecified atom stereocenters. The molecular weight excluding hydrogens is 154 g/mol. The predicted molar refractivity (Wildman–Crippen MR) is 44.5 cm³/mol. The highest BCUT2D eigenvalue weighted by Crippen LogP contribution is 1.94. The van der Waals surface area contributed by atoms with Crippen molar-refractivity contribution in [1.29, 1.82) is 0 Å². The number of aromatic nitrogens is 1. The van der Waals surface area contributed by atoms with Gasteiger partial charge in [0.1, 0.15) is 6.61 Å². The molecule has 66 valence electrons. The highest BCUT2D eigenvalue weighted by atomic mass is 16.3. The fraction of sp³-hybridized carbons (Fsp3) is 0.444. The summed E-state index contributed by atoms with van der Waals surface area (Å²) in [6.07, 6.45) is 4.51. The van der Waals surface area contributed by atoms with Crippen LogP contribution < -0.4 is 4.57 Å². The van der Waals surface area contributed by atoms with Crippen LogP contribution >= 0.6 is 0 Å². The van der Waals surface area contributed by atoms with Gasteiger partial charge in [-0.05, 0) is 6.07 Å². The zero-order valence-electron chi connectivity index (χ0n) is 6.98. The zero-order chi connectivity index (χ0) is 8.81. The first kappa shape index (κ1) is 9.16. The van der Waals surface area contributed by atoms with Crippen LogP contribution in [0, 0.1) is 0 Å². The molecule has 3 nitrogen and oxygen atoms in total. The molecule has 0 bridgehead atoms. The Kier molecular flexibility index (Phi) is 3.70. The van der Waals surface area contributed by atoms with E-state index in [1.165, 1.54) is 0 Å². The van der Waals surface area contributed by atoms with E-state index in [2.05, 4.69) is 0 Å². The number of aliphatic hydroxyl groups excluding tert-OH is 2. The molecule has 0 aliphatic carbocycles. The molecule has 0 spiro atoms. The number of rotatable bonds is 4. The molecule has 1 rings (SSSR count). The highest BCUT2D eigenvalue weighted by Gasteiger charge is 2.00. The normalized spacial score (nSPS) is 10.2. The van der Waals surface area contributed by atoms with Gasteiger partial charge in [0, 0.05) is 24.7 Å².